The Kier molecular flexibility index (Phi) is 3.54. The van der Waals surface area contributed by atoms with Crippen molar-refractivity contribution in [3.8, 4) is 0 Å². The second-order valence-corrected chi connectivity index (χ2v) is 1.85. The fourth-order valence-corrected chi connectivity index (χ4v) is 0.607. The third-order valence-corrected chi connectivity index (χ3v) is 1.13. The van der Waals surface area contributed by atoms with Crippen LogP contribution in [-0.4, -0.2) is 24.4 Å². The van der Waals surface area contributed by atoms with Crippen molar-refractivity contribution >= 4 is 5.91 Å². The Morgan fingerprint density at radius 2 is 2.10 bits per heavy atom. The molecule has 1 fully saturated rings. The molecule has 1 amide bonds. The zero-order valence-corrected chi connectivity index (χ0v) is 6.77. The van der Waals surface area contributed by atoms with Crippen LogP contribution in [0.2, 0.25) is 0 Å². The minimum Gasteiger partial charge on any atom is -0.352 e. The van der Waals surface area contributed by atoms with Crippen molar-refractivity contribution in [2.45, 2.75) is 13.8 Å². The molecule has 1 rings (SSSR count). The van der Waals surface area contributed by atoms with E-state index in [0.717, 1.165) is 0 Å². The molecule has 0 aromatic carbocycles. The van der Waals surface area contributed by atoms with E-state index in [1.165, 1.54) is 0 Å². The first-order valence-electron chi connectivity index (χ1n) is 3.40. The van der Waals surface area contributed by atoms with Crippen molar-refractivity contribution in [1.29, 1.82) is 0 Å². The molecule has 0 aromatic heterocycles. The van der Waals surface area contributed by atoms with E-state index in [1.807, 2.05) is 20.9 Å². The SMILES string of the molecule is C=C1NC(=O)CN1C.CC. The number of hydrogen-bond acceptors (Lipinski definition) is 2. The zero-order chi connectivity index (χ0) is 8.15. The highest BCUT2D eigenvalue weighted by Gasteiger charge is 2.16. The predicted molar refractivity (Wildman–Crippen MR) is 41.3 cm³/mol. The summed E-state index contributed by atoms with van der Waals surface area (Å²) in [5.74, 6) is 0.715. The number of amides is 1. The summed E-state index contributed by atoms with van der Waals surface area (Å²) in [5.41, 5.74) is 0. The predicted octanol–water partition coefficient (Wildman–Crippen LogP) is 0.545. The number of nitrogens with one attached hydrogen (secondary N) is 1. The van der Waals surface area contributed by atoms with Crippen molar-refractivity contribution < 1.29 is 4.79 Å². The van der Waals surface area contributed by atoms with Gasteiger partial charge >= 0.3 is 0 Å². The maximum atomic E-state index is 10.5. The topological polar surface area (TPSA) is 32.3 Å². The number of carbonyl (C=O) groups is 1. The fourth-order valence-electron chi connectivity index (χ4n) is 0.607. The van der Waals surface area contributed by atoms with Gasteiger partial charge < -0.3 is 10.2 Å². The van der Waals surface area contributed by atoms with Crippen LogP contribution in [0, 0.1) is 0 Å². The molecule has 3 heteroatoms. The van der Waals surface area contributed by atoms with Gasteiger partial charge in [-0.15, -0.1) is 0 Å². The minimum absolute atomic E-state index is 0.0255. The van der Waals surface area contributed by atoms with Crippen LogP contribution in [0.15, 0.2) is 12.4 Å². The van der Waals surface area contributed by atoms with Crippen LogP contribution < -0.4 is 5.32 Å². The van der Waals surface area contributed by atoms with E-state index >= 15 is 0 Å². The first-order chi connectivity index (χ1) is 4.70. The maximum absolute atomic E-state index is 10.5. The molecule has 10 heavy (non-hydrogen) atoms. The van der Waals surface area contributed by atoms with Gasteiger partial charge in [0.2, 0.25) is 5.91 Å². The molecule has 0 radical (unpaired) electrons. The van der Waals surface area contributed by atoms with Crippen LogP contribution >= 0.6 is 0 Å². The number of rotatable bonds is 0. The van der Waals surface area contributed by atoms with Gasteiger partial charge in [0, 0.05) is 7.05 Å². The van der Waals surface area contributed by atoms with Crippen molar-refractivity contribution in [2.24, 2.45) is 0 Å². The molecule has 1 aliphatic heterocycles. The Hall–Kier alpha value is -0.990. The second kappa shape index (κ2) is 3.93. The summed E-state index contributed by atoms with van der Waals surface area (Å²) < 4.78 is 0. The minimum atomic E-state index is 0.0255. The Bertz CT molecular complexity index is 143. The lowest BCUT2D eigenvalue weighted by atomic mass is 10.6. The van der Waals surface area contributed by atoms with Gasteiger partial charge in [-0.3, -0.25) is 4.79 Å². The molecule has 1 N–H and O–H groups in total. The quantitative estimate of drug-likeness (QED) is 0.535. The van der Waals surface area contributed by atoms with Gasteiger partial charge in [-0.25, -0.2) is 0 Å². The molecule has 1 saturated heterocycles. The van der Waals surface area contributed by atoms with Gasteiger partial charge in [-0.1, -0.05) is 20.4 Å². The van der Waals surface area contributed by atoms with E-state index < -0.39 is 0 Å². The standard InChI is InChI=1S/C5H8N2O.C2H6/c1-4-6-5(8)3-7(4)2;1-2/h1,3H2,2H3,(H,6,8);1-2H3. The lowest BCUT2D eigenvalue weighted by molar-refractivity contribution is -0.118. The Balaban J connectivity index is 0.000000371. The number of carbonyl (C=O) groups excluding carboxylic acids is 1. The van der Waals surface area contributed by atoms with Gasteiger partial charge in [0.1, 0.15) is 5.82 Å². The molecule has 0 unspecified atom stereocenters. The van der Waals surface area contributed by atoms with E-state index in [1.54, 1.807) is 4.90 Å². The highest BCUT2D eigenvalue weighted by Crippen LogP contribution is 1.99. The Morgan fingerprint density at radius 1 is 1.60 bits per heavy atom. The van der Waals surface area contributed by atoms with E-state index in [-0.39, 0.29) is 5.91 Å². The summed E-state index contributed by atoms with van der Waals surface area (Å²) in [6.45, 7) is 8.02. The fraction of sp³-hybridized carbons (Fsp3) is 0.571. The summed E-state index contributed by atoms with van der Waals surface area (Å²) >= 11 is 0. The normalized spacial score (nSPS) is 16.1. The number of hydrogen-bond donors (Lipinski definition) is 1. The van der Waals surface area contributed by atoms with Gasteiger partial charge in [-0.2, -0.15) is 0 Å². The van der Waals surface area contributed by atoms with Gasteiger partial charge in [0.25, 0.3) is 0 Å². The van der Waals surface area contributed by atoms with E-state index in [4.69, 9.17) is 0 Å². The Morgan fingerprint density at radius 3 is 2.20 bits per heavy atom. The summed E-state index contributed by atoms with van der Waals surface area (Å²) in [7, 11) is 1.82. The molecule has 0 saturated carbocycles. The van der Waals surface area contributed by atoms with Gasteiger partial charge in [-0.05, 0) is 0 Å². The summed E-state index contributed by atoms with van der Waals surface area (Å²) in [4.78, 5) is 12.2. The molecule has 0 aliphatic carbocycles. The van der Waals surface area contributed by atoms with Crippen molar-refractivity contribution in [1.82, 2.24) is 10.2 Å². The van der Waals surface area contributed by atoms with Crippen LogP contribution in [0.5, 0.6) is 0 Å². The molecular formula is C7H14N2O. The van der Waals surface area contributed by atoms with E-state index in [9.17, 15) is 4.79 Å². The van der Waals surface area contributed by atoms with Gasteiger partial charge in [0.15, 0.2) is 0 Å². The average Bonchev–Trinajstić information content (AvgIpc) is 2.16. The maximum Gasteiger partial charge on any atom is 0.245 e. The lowest BCUT2D eigenvalue weighted by Crippen LogP contribution is -2.12. The zero-order valence-electron chi connectivity index (χ0n) is 6.77. The molecule has 1 aliphatic rings. The molecule has 3 nitrogen and oxygen atoms in total. The lowest BCUT2D eigenvalue weighted by Gasteiger charge is -2.05. The van der Waals surface area contributed by atoms with Crippen molar-refractivity contribution in [3.63, 3.8) is 0 Å². The van der Waals surface area contributed by atoms with Gasteiger partial charge in [0.05, 0.1) is 6.54 Å². The van der Waals surface area contributed by atoms with Crippen molar-refractivity contribution in [2.75, 3.05) is 13.6 Å². The molecular weight excluding hydrogens is 128 g/mol. The number of nitrogens with zero attached hydrogens (tertiary/aromatic N) is 1. The van der Waals surface area contributed by atoms with Crippen LogP contribution in [0.1, 0.15) is 13.8 Å². The van der Waals surface area contributed by atoms with Crippen LogP contribution in [0.3, 0.4) is 0 Å². The third-order valence-electron chi connectivity index (χ3n) is 1.13. The largest absolute Gasteiger partial charge is 0.352 e. The third kappa shape index (κ3) is 2.09. The summed E-state index contributed by atoms with van der Waals surface area (Å²) in [6.07, 6.45) is 0. The molecule has 0 bridgehead atoms. The summed E-state index contributed by atoms with van der Waals surface area (Å²) in [5, 5.41) is 2.56. The van der Waals surface area contributed by atoms with Crippen LogP contribution in [-0.2, 0) is 4.79 Å². The first-order valence-corrected chi connectivity index (χ1v) is 3.40. The molecule has 0 spiro atoms. The molecule has 0 aromatic rings. The van der Waals surface area contributed by atoms with E-state index in [2.05, 4.69) is 11.9 Å². The highest BCUT2D eigenvalue weighted by atomic mass is 16.2. The molecule has 0 atom stereocenters. The molecule has 58 valence electrons. The van der Waals surface area contributed by atoms with Crippen LogP contribution in [0.25, 0.3) is 0 Å². The second-order valence-electron chi connectivity index (χ2n) is 1.85. The first kappa shape index (κ1) is 9.01. The summed E-state index contributed by atoms with van der Waals surface area (Å²) in [6, 6.07) is 0. The Labute approximate surface area is 61.7 Å². The average molecular weight is 142 g/mol. The smallest absolute Gasteiger partial charge is 0.245 e. The molecule has 1 heterocycles. The van der Waals surface area contributed by atoms with Crippen LogP contribution in [0.4, 0.5) is 0 Å². The van der Waals surface area contributed by atoms with Crippen molar-refractivity contribution in [3.05, 3.63) is 12.4 Å². The number of likely N-dealkylation sites (N-methyl/N-ethyl adjacent to an activating group) is 1. The van der Waals surface area contributed by atoms with E-state index in [0.29, 0.717) is 12.4 Å². The monoisotopic (exact) mass is 142 g/mol. The highest BCUT2D eigenvalue weighted by molar-refractivity contribution is 5.82.